The maximum absolute atomic E-state index is 6.04. The maximum Gasteiger partial charge on any atom is 0.0784 e. The summed E-state index contributed by atoms with van der Waals surface area (Å²) in [7, 11) is -1.06. The van der Waals surface area contributed by atoms with Gasteiger partial charge in [0.15, 0.2) is 0 Å². The van der Waals surface area contributed by atoms with Crippen molar-refractivity contribution in [3.05, 3.63) is 0 Å². The molecule has 0 radical (unpaired) electrons. The fraction of sp³-hybridized carbons (Fsp3) is 1.00. The Hall–Kier alpha value is 0.657. The van der Waals surface area contributed by atoms with Gasteiger partial charge in [0.25, 0.3) is 0 Å². The molecule has 1 rings (SSSR count). The molecule has 0 heterocycles. The number of ether oxygens (including phenoxy) is 1. The molecule has 0 bridgehead atoms. The SMILES string of the molecule is C[Si](C)(CCBr)COC1CCCCC1. The number of rotatable bonds is 5. The maximum atomic E-state index is 6.04. The molecule has 0 N–H and O–H groups in total. The Kier molecular flexibility index (Phi) is 5.71. The summed E-state index contributed by atoms with van der Waals surface area (Å²) in [4.78, 5) is 0. The largest absolute Gasteiger partial charge is 0.382 e. The predicted molar refractivity (Wildman–Crippen MR) is 68.9 cm³/mol. The van der Waals surface area contributed by atoms with Crippen LogP contribution in [0.2, 0.25) is 19.1 Å². The molecular weight excluding hydrogens is 256 g/mol. The van der Waals surface area contributed by atoms with Gasteiger partial charge >= 0.3 is 0 Å². The van der Waals surface area contributed by atoms with E-state index in [1.165, 1.54) is 38.1 Å². The van der Waals surface area contributed by atoms with Gasteiger partial charge in [-0.3, -0.25) is 0 Å². The highest BCUT2D eigenvalue weighted by atomic mass is 79.9. The monoisotopic (exact) mass is 278 g/mol. The normalized spacial score (nSPS) is 19.9. The van der Waals surface area contributed by atoms with E-state index >= 15 is 0 Å². The van der Waals surface area contributed by atoms with Gasteiger partial charge in [0.1, 0.15) is 0 Å². The molecule has 3 heteroatoms. The van der Waals surface area contributed by atoms with E-state index in [0.717, 1.165) is 11.6 Å². The van der Waals surface area contributed by atoms with Crippen molar-refractivity contribution in [2.75, 3.05) is 11.6 Å². The van der Waals surface area contributed by atoms with E-state index in [0.29, 0.717) is 6.10 Å². The number of hydrogen-bond acceptors (Lipinski definition) is 1. The molecule has 84 valence electrons. The van der Waals surface area contributed by atoms with Crippen molar-refractivity contribution in [1.29, 1.82) is 0 Å². The van der Waals surface area contributed by atoms with Crippen LogP contribution < -0.4 is 0 Å². The zero-order valence-electron chi connectivity index (χ0n) is 9.52. The van der Waals surface area contributed by atoms with Gasteiger partial charge in [0, 0.05) is 11.6 Å². The van der Waals surface area contributed by atoms with Crippen molar-refractivity contribution in [2.24, 2.45) is 0 Å². The Morgan fingerprint density at radius 3 is 2.43 bits per heavy atom. The fourth-order valence-electron chi connectivity index (χ4n) is 1.90. The standard InChI is InChI=1S/C11H23BrOSi/c1-14(2,9-8-12)10-13-11-6-4-3-5-7-11/h11H,3-10H2,1-2H3. The minimum Gasteiger partial charge on any atom is -0.382 e. The average molecular weight is 279 g/mol. The molecular formula is C11H23BrOSi. The van der Waals surface area contributed by atoms with Gasteiger partial charge in [-0.15, -0.1) is 0 Å². The molecule has 0 unspecified atom stereocenters. The Bertz CT molecular complexity index is 155. The van der Waals surface area contributed by atoms with Crippen LogP contribution in [0, 0.1) is 0 Å². The van der Waals surface area contributed by atoms with Crippen LogP contribution >= 0.6 is 15.9 Å². The highest BCUT2D eigenvalue weighted by Crippen LogP contribution is 2.22. The van der Waals surface area contributed by atoms with Crippen molar-refractivity contribution in [3.8, 4) is 0 Å². The molecule has 0 aromatic rings. The van der Waals surface area contributed by atoms with E-state index in [1.807, 2.05) is 0 Å². The summed E-state index contributed by atoms with van der Waals surface area (Å²) in [5, 5.41) is 1.14. The lowest BCUT2D eigenvalue weighted by Crippen LogP contribution is -2.35. The van der Waals surface area contributed by atoms with Gasteiger partial charge in [-0.1, -0.05) is 48.3 Å². The predicted octanol–water partition coefficient (Wildman–Crippen LogP) is 3.98. The molecule has 1 aliphatic rings. The van der Waals surface area contributed by atoms with Crippen LogP contribution in [0.1, 0.15) is 32.1 Å². The summed E-state index contributed by atoms with van der Waals surface area (Å²) in [6.07, 6.45) is 8.44. The first-order valence-corrected chi connectivity index (χ1v) is 10.4. The second kappa shape index (κ2) is 6.29. The number of alkyl halides is 1. The third kappa shape index (κ3) is 4.94. The molecule has 1 aliphatic carbocycles. The van der Waals surface area contributed by atoms with Gasteiger partial charge in [0.05, 0.1) is 14.2 Å². The highest BCUT2D eigenvalue weighted by Gasteiger charge is 2.23. The van der Waals surface area contributed by atoms with Crippen molar-refractivity contribution in [3.63, 3.8) is 0 Å². The molecule has 0 amide bonds. The molecule has 1 saturated carbocycles. The third-order valence-electron chi connectivity index (χ3n) is 3.03. The van der Waals surface area contributed by atoms with E-state index in [1.54, 1.807) is 0 Å². The lowest BCUT2D eigenvalue weighted by molar-refractivity contribution is 0.0536. The van der Waals surface area contributed by atoms with Gasteiger partial charge < -0.3 is 4.74 Å². The van der Waals surface area contributed by atoms with Crippen LogP contribution in [-0.2, 0) is 4.74 Å². The molecule has 0 aromatic carbocycles. The van der Waals surface area contributed by atoms with Crippen LogP contribution in [-0.4, -0.2) is 25.7 Å². The van der Waals surface area contributed by atoms with Gasteiger partial charge in [0.2, 0.25) is 0 Å². The second-order valence-electron chi connectivity index (χ2n) is 5.17. The summed E-state index contributed by atoms with van der Waals surface area (Å²) >= 11 is 3.53. The smallest absolute Gasteiger partial charge is 0.0784 e. The van der Waals surface area contributed by atoms with E-state index < -0.39 is 8.07 Å². The topological polar surface area (TPSA) is 9.23 Å². The zero-order chi connectivity index (χ0) is 10.4. The molecule has 0 atom stereocenters. The van der Waals surface area contributed by atoms with Gasteiger partial charge in [-0.2, -0.15) is 0 Å². The van der Waals surface area contributed by atoms with Crippen LogP contribution in [0.25, 0.3) is 0 Å². The summed E-state index contributed by atoms with van der Waals surface area (Å²) in [5.41, 5.74) is 0. The first kappa shape index (κ1) is 12.7. The molecule has 1 nitrogen and oxygen atoms in total. The number of hydrogen-bond donors (Lipinski definition) is 0. The quantitative estimate of drug-likeness (QED) is 0.546. The lowest BCUT2D eigenvalue weighted by Gasteiger charge is -2.27. The molecule has 14 heavy (non-hydrogen) atoms. The first-order valence-electron chi connectivity index (χ1n) is 5.82. The summed E-state index contributed by atoms with van der Waals surface area (Å²) in [6, 6.07) is 1.33. The van der Waals surface area contributed by atoms with Crippen LogP contribution in [0.15, 0.2) is 0 Å². The average Bonchev–Trinajstić information content (AvgIpc) is 2.17. The molecule has 0 saturated heterocycles. The Morgan fingerprint density at radius 2 is 1.86 bits per heavy atom. The number of halogens is 1. The van der Waals surface area contributed by atoms with Crippen molar-refractivity contribution in [2.45, 2.75) is 57.3 Å². The van der Waals surface area contributed by atoms with Crippen LogP contribution in [0.3, 0.4) is 0 Å². The molecule has 0 spiro atoms. The van der Waals surface area contributed by atoms with E-state index in [9.17, 15) is 0 Å². The van der Waals surface area contributed by atoms with Crippen LogP contribution in [0.5, 0.6) is 0 Å². The zero-order valence-corrected chi connectivity index (χ0v) is 12.1. The van der Waals surface area contributed by atoms with E-state index in [2.05, 4.69) is 29.0 Å². The fourth-order valence-corrected chi connectivity index (χ4v) is 6.47. The molecule has 1 fully saturated rings. The third-order valence-corrected chi connectivity index (χ3v) is 6.71. The van der Waals surface area contributed by atoms with Gasteiger partial charge in [-0.25, -0.2) is 0 Å². The summed E-state index contributed by atoms with van der Waals surface area (Å²) in [6.45, 7) is 4.86. The summed E-state index contributed by atoms with van der Waals surface area (Å²) < 4.78 is 6.04. The highest BCUT2D eigenvalue weighted by molar-refractivity contribution is 9.09. The van der Waals surface area contributed by atoms with E-state index in [4.69, 9.17) is 4.74 Å². The van der Waals surface area contributed by atoms with Crippen molar-refractivity contribution >= 4 is 24.0 Å². The molecule has 0 aliphatic heterocycles. The van der Waals surface area contributed by atoms with E-state index in [-0.39, 0.29) is 0 Å². The Morgan fingerprint density at radius 1 is 1.21 bits per heavy atom. The van der Waals surface area contributed by atoms with Gasteiger partial charge in [-0.05, 0) is 18.9 Å². The molecule has 0 aromatic heterocycles. The minimum absolute atomic E-state index is 0.589. The lowest BCUT2D eigenvalue weighted by atomic mass is 9.98. The minimum atomic E-state index is -1.06. The van der Waals surface area contributed by atoms with Crippen LogP contribution in [0.4, 0.5) is 0 Å². The second-order valence-corrected chi connectivity index (χ2v) is 11.1. The van der Waals surface area contributed by atoms with Crippen molar-refractivity contribution in [1.82, 2.24) is 0 Å². The first-order chi connectivity index (χ1) is 6.64. The van der Waals surface area contributed by atoms with Crippen molar-refractivity contribution < 1.29 is 4.74 Å². The Labute approximate surface area is 97.7 Å². The summed E-state index contributed by atoms with van der Waals surface area (Å²) in [5.74, 6) is 0. The Balaban J connectivity index is 2.17.